The monoisotopic (exact) mass is 410 g/mol. The van der Waals surface area contributed by atoms with E-state index in [0.717, 1.165) is 31.0 Å². The van der Waals surface area contributed by atoms with Crippen LogP contribution in [0.5, 0.6) is 11.5 Å². The number of rotatable bonds is 9. The molecule has 3 rings (SSSR count). The Balaban J connectivity index is 1.62. The Kier molecular flexibility index (Phi) is 8.14. The second-order valence-corrected chi connectivity index (χ2v) is 7.89. The minimum Gasteiger partial charge on any atom is -0.497 e. The first kappa shape index (κ1) is 22.2. The van der Waals surface area contributed by atoms with Crippen molar-refractivity contribution in [3.8, 4) is 11.5 Å². The molecule has 0 unspecified atom stereocenters. The Morgan fingerprint density at radius 3 is 2.23 bits per heavy atom. The van der Waals surface area contributed by atoms with Crippen LogP contribution in [-0.2, 0) is 11.2 Å². The summed E-state index contributed by atoms with van der Waals surface area (Å²) in [5.74, 6) is 1.47. The first-order valence-electron chi connectivity index (χ1n) is 11.0. The van der Waals surface area contributed by atoms with Gasteiger partial charge in [0.05, 0.1) is 13.2 Å². The van der Waals surface area contributed by atoms with Crippen LogP contribution in [-0.4, -0.2) is 43.7 Å². The summed E-state index contributed by atoms with van der Waals surface area (Å²) >= 11 is 0. The maximum absolute atomic E-state index is 12.7. The van der Waals surface area contributed by atoms with Gasteiger partial charge in [0.25, 0.3) is 5.91 Å². The van der Waals surface area contributed by atoms with Crippen LogP contribution in [0.25, 0.3) is 0 Å². The zero-order valence-corrected chi connectivity index (χ0v) is 18.4. The first-order valence-corrected chi connectivity index (χ1v) is 11.0. The molecule has 162 valence electrons. The molecule has 2 atom stereocenters. The van der Waals surface area contributed by atoms with E-state index in [1.54, 1.807) is 14.0 Å². The first-order chi connectivity index (χ1) is 14.6. The molecule has 0 radical (unpaired) electrons. The quantitative estimate of drug-likeness (QED) is 0.667. The van der Waals surface area contributed by atoms with Gasteiger partial charge < -0.3 is 14.8 Å². The van der Waals surface area contributed by atoms with Gasteiger partial charge in [-0.3, -0.25) is 9.69 Å². The molecular weight excluding hydrogens is 376 g/mol. The maximum atomic E-state index is 12.7. The molecule has 1 saturated heterocycles. The number of ether oxygens (including phenoxy) is 2. The minimum absolute atomic E-state index is 0.0925. The maximum Gasteiger partial charge on any atom is 0.260 e. The lowest BCUT2D eigenvalue weighted by atomic mass is 10.0. The van der Waals surface area contributed by atoms with Crippen LogP contribution in [0.4, 0.5) is 0 Å². The Morgan fingerprint density at radius 2 is 1.63 bits per heavy atom. The van der Waals surface area contributed by atoms with Crippen LogP contribution in [0.2, 0.25) is 0 Å². The highest BCUT2D eigenvalue weighted by atomic mass is 16.5. The standard InChI is InChI=1S/C25H34N2O3/c1-4-20-8-12-23(13-9-20)30-19(2)25(28)26-18-24(27-16-6-5-7-17-27)21-10-14-22(29-3)15-11-21/h8-15,19,24H,4-7,16-18H2,1-3H3,(H,26,28)/t19-,24+/m1/s1. The zero-order valence-electron chi connectivity index (χ0n) is 18.4. The zero-order chi connectivity index (χ0) is 21.3. The number of hydrogen-bond donors (Lipinski definition) is 1. The van der Waals surface area contributed by atoms with E-state index in [4.69, 9.17) is 9.47 Å². The van der Waals surface area contributed by atoms with Crippen molar-refractivity contribution >= 4 is 5.91 Å². The fourth-order valence-corrected chi connectivity index (χ4v) is 3.92. The van der Waals surface area contributed by atoms with Crippen LogP contribution >= 0.6 is 0 Å². The van der Waals surface area contributed by atoms with Gasteiger partial charge in [0.2, 0.25) is 0 Å². The highest BCUT2D eigenvalue weighted by molar-refractivity contribution is 5.80. The van der Waals surface area contributed by atoms with E-state index in [1.165, 1.54) is 30.4 Å². The molecule has 0 aromatic heterocycles. The van der Waals surface area contributed by atoms with Crippen molar-refractivity contribution in [2.75, 3.05) is 26.7 Å². The van der Waals surface area contributed by atoms with Crippen LogP contribution in [0.1, 0.15) is 50.3 Å². The van der Waals surface area contributed by atoms with Crippen molar-refractivity contribution in [3.63, 3.8) is 0 Å². The molecule has 1 N–H and O–H groups in total. The minimum atomic E-state index is -0.546. The van der Waals surface area contributed by atoms with E-state index >= 15 is 0 Å². The molecule has 1 fully saturated rings. The number of likely N-dealkylation sites (tertiary alicyclic amines) is 1. The van der Waals surface area contributed by atoms with E-state index in [1.807, 2.05) is 36.4 Å². The number of benzene rings is 2. The molecule has 5 nitrogen and oxygen atoms in total. The second-order valence-electron chi connectivity index (χ2n) is 7.89. The second kappa shape index (κ2) is 11.0. The highest BCUT2D eigenvalue weighted by Crippen LogP contribution is 2.26. The fraction of sp³-hybridized carbons (Fsp3) is 0.480. The molecule has 0 bridgehead atoms. The molecule has 1 heterocycles. The van der Waals surface area contributed by atoms with Crippen molar-refractivity contribution in [1.82, 2.24) is 10.2 Å². The number of piperidine rings is 1. The fourth-order valence-electron chi connectivity index (χ4n) is 3.92. The molecule has 0 saturated carbocycles. The lowest BCUT2D eigenvalue weighted by Gasteiger charge is -2.35. The molecular formula is C25H34N2O3. The molecule has 2 aromatic carbocycles. The number of aryl methyl sites for hydroxylation is 1. The third kappa shape index (κ3) is 5.99. The summed E-state index contributed by atoms with van der Waals surface area (Å²) in [5.41, 5.74) is 2.45. The van der Waals surface area contributed by atoms with Gasteiger partial charge in [0, 0.05) is 6.54 Å². The third-order valence-corrected chi connectivity index (χ3v) is 5.82. The number of amides is 1. The molecule has 2 aromatic rings. The van der Waals surface area contributed by atoms with Gasteiger partial charge in [-0.2, -0.15) is 0 Å². The van der Waals surface area contributed by atoms with E-state index in [2.05, 4.69) is 29.3 Å². The normalized spacial score (nSPS) is 16.5. The van der Waals surface area contributed by atoms with Crippen LogP contribution in [0, 0.1) is 0 Å². The average molecular weight is 411 g/mol. The lowest BCUT2D eigenvalue weighted by Crippen LogP contribution is -2.43. The van der Waals surface area contributed by atoms with E-state index < -0.39 is 6.10 Å². The predicted molar refractivity (Wildman–Crippen MR) is 120 cm³/mol. The SMILES string of the molecule is CCc1ccc(O[C@H](C)C(=O)NC[C@@H](c2ccc(OC)cc2)N2CCCCC2)cc1. The Bertz CT molecular complexity index is 783. The summed E-state index contributed by atoms with van der Waals surface area (Å²) in [5, 5.41) is 3.11. The molecule has 1 amide bonds. The molecule has 1 aliphatic heterocycles. The number of nitrogens with one attached hydrogen (secondary N) is 1. The van der Waals surface area contributed by atoms with Gasteiger partial charge >= 0.3 is 0 Å². The summed E-state index contributed by atoms with van der Waals surface area (Å²) in [6.07, 6.45) is 4.12. The Morgan fingerprint density at radius 1 is 1.00 bits per heavy atom. The van der Waals surface area contributed by atoms with Crippen molar-refractivity contribution < 1.29 is 14.3 Å². The van der Waals surface area contributed by atoms with Gasteiger partial charge in [-0.25, -0.2) is 0 Å². The summed E-state index contributed by atoms with van der Waals surface area (Å²) in [6.45, 7) is 6.60. The van der Waals surface area contributed by atoms with Gasteiger partial charge in [-0.05, 0) is 74.7 Å². The number of nitrogens with zero attached hydrogens (tertiary/aromatic N) is 1. The summed E-state index contributed by atoms with van der Waals surface area (Å²) in [7, 11) is 1.68. The summed E-state index contributed by atoms with van der Waals surface area (Å²) in [4.78, 5) is 15.2. The largest absolute Gasteiger partial charge is 0.497 e. The lowest BCUT2D eigenvalue weighted by molar-refractivity contribution is -0.127. The van der Waals surface area contributed by atoms with Crippen LogP contribution < -0.4 is 14.8 Å². The summed E-state index contributed by atoms with van der Waals surface area (Å²) in [6, 6.07) is 16.2. The van der Waals surface area contributed by atoms with E-state index in [-0.39, 0.29) is 11.9 Å². The smallest absolute Gasteiger partial charge is 0.260 e. The van der Waals surface area contributed by atoms with Gasteiger partial charge in [-0.1, -0.05) is 37.6 Å². The van der Waals surface area contributed by atoms with Crippen molar-refractivity contribution in [2.24, 2.45) is 0 Å². The topological polar surface area (TPSA) is 50.8 Å². The number of methoxy groups -OCH3 is 1. The van der Waals surface area contributed by atoms with E-state index in [0.29, 0.717) is 6.54 Å². The van der Waals surface area contributed by atoms with Gasteiger partial charge in [-0.15, -0.1) is 0 Å². The molecule has 1 aliphatic rings. The third-order valence-electron chi connectivity index (χ3n) is 5.82. The number of carbonyl (C=O) groups excluding carboxylic acids is 1. The van der Waals surface area contributed by atoms with Crippen molar-refractivity contribution in [1.29, 1.82) is 0 Å². The average Bonchev–Trinajstić information content (AvgIpc) is 2.80. The van der Waals surface area contributed by atoms with Crippen molar-refractivity contribution in [3.05, 3.63) is 59.7 Å². The number of hydrogen-bond acceptors (Lipinski definition) is 4. The Labute approximate surface area is 180 Å². The number of carbonyl (C=O) groups is 1. The summed E-state index contributed by atoms with van der Waals surface area (Å²) < 4.78 is 11.1. The van der Waals surface area contributed by atoms with Crippen molar-refractivity contribution in [2.45, 2.75) is 51.7 Å². The van der Waals surface area contributed by atoms with Gasteiger partial charge in [0.15, 0.2) is 6.10 Å². The van der Waals surface area contributed by atoms with Crippen LogP contribution in [0.15, 0.2) is 48.5 Å². The molecule has 0 spiro atoms. The molecule has 0 aliphatic carbocycles. The van der Waals surface area contributed by atoms with Gasteiger partial charge in [0.1, 0.15) is 11.5 Å². The van der Waals surface area contributed by atoms with E-state index in [9.17, 15) is 4.79 Å². The predicted octanol–water partition coefficient (Wildman–Crippen LogP) is 4.37. The molecule has 5 heteroatoms. The highest BCUT2D eigenvalue weighted by Gasteiger charge is 2.24. The molecule has 30 heavy (non-hydrogen) atoms. The van der Waals surface area contributed by atoms with Crippen LogP contribution in [0.3, 0.4) is 0 Å². The Hall–Kier alpha value is -2.53.